The molecule has 3 rings (SSSR count). The van der Waals surface area contributed by atoms with Gasteiger partial charge < -0.3 is 5.11 Å². The van der Waals surface area contributed by atoms with Gasteiger partial charge in [-0.2, -0.15) is 0 Å². The van der Waals surface area contributed by atoms with E-state index >= 15 is 0 Å². The number of rotatable bonds is 2. The lowest BCUT2D eigenvalue weighted by molar-refractivity contribution is 0.0696. The van der Waals surface area contributed by atoms with Gasteiger partial charge in [-0.15, -0.1) is 0 Å². The first-order valence-electron chi connectivity index (χ1n) is 6.35. The largest absolute Gasteiger partial charge is 0.478 e. The molecule has 0 radical (unpaired) electrons. The quantitative estimate of drug-likeness (QED) is 0.721. The number of aromatic carboxylic acids is 1. The molecule has 2 aromatic carbocycles. The van der Waals surface area contributed by atoms with E-state index in [4.69, 9.17) is 5.11 Å². The molecule has 3 nitrogen and oxygen atoms in total. The first-order valence-corrected chi connectivity index (χ1v) is 6.35. The van der Waals surface area contributed by atoms with Crippen molar-refractivity contribution in [2.24, 2.45) is 0 Å². The van der Waals surface area contributed by atoms with Gasteiger partial charge in [0, 0.05) is 23.7 Å². The third-order valence-corrected chi connectivity index (χ3v) is 3.32. The number of hydrogen-bond acceptors (Lipinski definition) is 2. The monoisotopic (exact) mass is 321 g/mol. The first-order chi connectivity index (χ1) is 10.9. The second-order valence-electron chi connectivity index (χ2n) is 4.76. The highest BCUT2D eigenvalue weighted by Crippen LogP contribution is 2.33. The number of nitrogens with zero attached hydrogens (tertiary/aromatic N) is 1. The fraction of sp³-hybridized carbons (Fsp3) is 0. The van der Waals surface area contributed by atoms with Crippen LogP contribution in [0.3, 0.4) is 0 Å². The van der Waals surface area contributed by atoms with Gasteiger partial charge in [0.25, 0.3) is 0 Å². The van der Waals surface area contributed by atoms with Gasteiger partial charge in [0.15, 0.2) is 0 Å². The van der Waals surface area contributed by atoms with Crippen molar-refractivity contribution in [3.05, 3.63) is 65.4 Å². The Bertz CT molecular complexity index is 933. The maximum Gasteiger partial charge on any atom is 0.335 e. The van der Waals surface area contributed by atoms with Crippen LogP contribution in [-0.4, -0.2) is 16.1 Å². The average molecular weight is 321 g/mol. The number of fused-ring (bicyclic) bond motifs is 1. The third-order valence-electron chi connectivity index (χ3n) is 3.32. The molecular weight excluding hydrogens is 314 g/mol. The molecule has 7 heteroatoms. The Balaban J connectivity index is 2.41. The zero-order chi connectivity index (χ0) is 16.7. The molecule has 1 heterocycles. The summed E-state index contributed by atoms with van der Waals surface area (Å²) in [6.45, 7) is 0. The number of carboxylic acids is 1. The molecule has 0 saturated heterocycles. The summed E-state index contributed by atoms with van der Waals surface area (Å²) in [5.41, 5.74) is -1.34. The number of halogens is 4. The molecule has 0 aliphatic carbocycles. The lowest BCUT2D eigenvalue weighted by Crippen LogP contribution is -2.00. The summed E-state index contributed by atoms with van der Waals surface area (Å²) in [5.74, 6) is -5.81. The fourth-order valence-corrected chi connectivity index (χ4v) is 2.35. The third kappa shape index (κ3) is 2.50. The van der Waals surface area contributed by atoms with Crippen molar-refractivity contribution in [2.45, 2.75) is 0 Å². The maximum absolute atomic E-state index is 14.0. The maximum atomic E-state index is 14.0. The van der Waals surface area contributed by atoms with Crippen LogP contribution in [0.1, 0.15) is 10.4 Å². The average Bonchev–Trinajstić information content (AvgIpc) is 2.46. The summed E-state index contributed by atoms with van der Waals surface area (Å²) in [4.78, 5) is 14.8. The number of aromatic nitrogens is 1. The second kappa shape index (κ2) is 5.35. The lowest BCUT2D eigenvalue weighted by atomic mass is 9.98. The van der Waals surface area contributed by atoms with Gasteiger partial charge in [0.05, 0.1) is 11.1 Å². The molecule has 0 saturated carbocycles. The molecule has 0 fully saturated rings. The second-order valence-corrected chi connectivity index (χ2v) is 4.76. The van der Waals surface area contributed by atoms with Crippen LogP contribution < -0.4 is 0 Å². The zero-order valence-corrected chi connectivity index (χ0v) is 11.3. The summed E-state index contributed by atoms with van der Waals surface area (Å²) in [6.07, 6.45) is 1.13. The molecule has 0 spiro atoms. The van der Waals surface area contributed by atoms with Crippen molar-refractivity contribution in [3.8, 4) is 11.1 Å². The normalized spacial score (nSPS) is 11.0. The van der Waals surface area contributed by atoms with Crippen molar-refractivity contribution in [1.29, 1.82) is 0 Å². The van der Waals surface area contributed by atoms with Crippen molar-refractivity contribution in [2.75, 3.05) is 0 Å². The Morgan fingerprint density at radius 3 is 2.22 bits per heavy atom. The molecule has 23 heavy (non-hydrogen) atoms. The van der Waals surface area contributed by atoms with E-state index in [0.717, 1.165) is 18.3 Å². The van der Waals surface area contributed by atoms with Gasteiger partial charge in [-0.1, -0.05) is 0 Å². The van der Waals surface area contributed by atoms with E-state index in [1.165, 1.54) is 6.07 Å². The van der Waals surface area contributed by atoms with Crippen LogP contribution in [0, 0.1) is 23.3 Å². The van der Waals surface area contributed by atoms with Gasteiger partial charge in [-0.25, -0.2) is 22.4 Å². The van der Waals surface area contributed by atoms with Crippen molar-refractivity contribution in [3.63, 3.8) is 0 Å². The molecule has 3 aromatic rings. The number of benzene rings is 2. The summed E-state index contributed by atoms with van der Waals surface area (Å²) < 4.78 is 55.0. The van der Waals surface area contributed by atoms with E-state index < -0.39 is 40.4 Å². The van der Waals surface area contributed by atoms with E-state index in [1.807, 2.05) is 0 Å². The molecule has 0 unspecified atom stereocenters. The minimum Gasteiger partial charge on any atom is -0.478 e. The molecule has 0 aliphatic heterocycles. The van der Waals surface area contributed by atoms with E-state index in [1.54, 1.807) is 0 Å². The molecule has 0 bridgehead atoms. The van der Waals surface area contributed by atoms with Crippen LogP contribution in [0.25, 0.3) is 22.0 Å². The summed E-state index contributed by atoms with van der Waals surface area (Å²) in [6, 6.07) is 4.00. The SMILES string of the molecule is O=C(O)c1cc(F)c2nccc(-c3c(F)cc(F)cc3F)c2c1. The Hall–Kier alpha value is -2.96. The van der Waals surface area contributed by atoms with E-state index in [9.17, 15) is 22.4 Å². The highest BCUT2D eigenvalue weighted by Gasteiger charge is 2.19. The van der Waals surface area contributed by atoms with Gasteiger partial charge >= 0.3 is 5.97 Å². The zero-order valence-electron chi connectivity index (χ0n) is 11.3. The minimum absolute atomic E-state index is 0.0886. The van der Waals surface area contributed by atoms with Crippen molar-refractivity contribution < 1.29 is 27.5 Å². The van der Waals surface area contributed by atoms with Crippen LogP contribution in [0.15, 0.2) is 36.5 Å². The van der Waals surface area contributed by atoms with Crippen LogP contribution in [0.5, 0.6) is 0 Å². The number of hydrogen-bond donors (Lipinski definition) is 1. The number of pyridine rings is 1. The molecule has 1 aromatic heterocycles. The summed E-state index contributed by atoms with van der Waals surface area (Å²) in [5, 5.41) is 8.90. The Morgan fingerprint density at radius 1 is 0.957 bits per heavy atom. The summed E-state index contributed by atoms with van der Waals surface area (Å²) in [7, 11) is 0. The molecular formula is C16H7F4NO2. The standard InChI is InChI=1S/C16H7F4NO2/c17-8-5-11(18)14(12(19)6-8)9-1-2-21-15-10(9)3-7(16(22)23)4-13(15)20/h1-6H,(H,22,23). The molecule has 0 atom stereocenters. The van der Waals surface area contributed by atoms with Crippen molar-refractivity contribution in [1.82, 2.24) is 4.98 Å². The first kappa shape index (κ1) is 15.0. The molecule has 116 valence electrons. The molecule has 0 amide bonds. The highest BCUT2D eigenvalue weighted by molar-refractivity contribution is 6.00. The van der Waals surface area contributed by atoms with Crippen LogP contribution >= 0.6 is 0 Å². The predicted octanol–water partition coefficient (Wildman–Crippen LogP) is 4.16. The van der Waals surface area contributed by atoms with Gasteiger partial charge in [0.2, 0.25) is 0 Å². The van der Waals surface area contributed by atoms with Crippen LogP contribution in [0.4, 0.5) is 17.6 Å². The topological polar surface area (TPSA) is 50.2 Å². The number of carbonyl (C=O) groups is 1. The van der Waals surface area contributed by atoms with Gasteiger partial charge in [-0.05, 0) is 23.8 Å². The highest BCUT2D eigenvalue weighted by atomic mass is 19.1. The smallest absolute Gasteiger partial charge is 0.335 e. The van der Waals surface area contributed by atoms with E-state index in [2.05, 4.69) is 4.98 Å². The Morgan fingerprint density at radius 2 is 1.61 bits per heavy atom. The van der Waals surface area contributed by atoms with E-state index in [0.29, 0.717) is 12.1 Å². The minimum atomic E-state index is -1.40. The summed E-state index contributed by atoms with van der Waals surface area (Å²) >= 11 is 0. The Kier molecular flexibility index (Phi) is 3.48. The number of carboxylic acid groups (broad SMARTS) is 1. The van der Waals surface area contributed by atoms with Crippen molar-refractivity contribution >= 4 is 16.9 Å². The van der Waals surface area contributed by atoms with Crippen LogP contribution in [-0.2, 0) is 0 Å². The van der Waals surface area contributed by atoms with Gasteiger partial charge in [-0.3, -0.25) is 4.98 Å². The van der Waals surface area contributed by atoms with Gasteiger partial charge in [0.1, 0.15) is 28.8 Å². The molecule has 1 N–H and O–H groups in total. The molecule has 0 aliphatic rings. The van der Waals surface area contributed by atoms with Crippen LogP contribution in [0.2, 0.25) is 0 Å². The lowest BCUT2D eigenvalue weighted by Gasteiger charge is -2.10. The van der Waals surface area contributed by atoms with E-state index in [-0.39, 0.29) is 16.5 Å². The predicted molar refractivity (Wildman–Crippen MR) is 74.0 cm³/mol. The Labute approximate surface area is 126 Å². The fourth-order valence-electron chi connectivity index (χ4n) is 2.35.